The summed E-state index contributed by atoms with van der Waals surface area (Å²) in [6.45, 7) is 4.58. The average molecular weight is 355 g/mol. The van der Waals surface area contributed by atoms with Crippen LogP contribution in [0.4, 0.5) is 10.5 Å². The number of benzene rings is 1. The van der Waals surface area contributed by atoms with Crippen LogP contribution in [0.25, 0.3) is 0 Å². The molecule has 1 fully saturated rings. The van der Waals surface area contributed by atoms with Gasteiger partial charge in [0.1, 0.15) is 0 Å². The lowest BCUT2D eigenvalue weighted by Crippen LogP contribution is -2.54. The van der Waals surface area contributed by atoms with E-state index in [2.05, 4.69) is 10.6 Å². The number of carbonyl (C=O) groups excluding carboxylic acids is 2. The highest BCUT2D eigenvalue weighted by Gasteiger charge is 2.29. The molecule has 2 rings (SSSR count). The molecule has 0 saturated carbocycles. The maximum absolute atomic E-state index is 12.4. The number of piperidine rings is 1. The molecule has 7 heteroatoms. The number of nitrogens with two attached hydrogens (primary N) is 1. The number of halogens is 1. The zero-order valence-electron chi connectivity index (χ0n) is 14.2. The van der Waals surface area contributed by atoms with Gasteiger partial charge in [-0.05, 0) is 50.8 Å². The van der Waals surface area contributed by atoms with Crippen molar-refractivity contribution in [1.29, 1.82) is 0 Å². The van der Waals surface area contributed by atoms with E-state index in [1.54, 1.807) is 4.90 Å². The predicted octanol–water partition coefficient (Wildman–Crippen LogP) is 2.27. The maximum atomic E-state index is 12.4. The van der Waals surface area contributed by atoms with Gasteiger partial charge in [-0.25, -0.2) is 4.79 Å². The molecule has 6 nitrogen and oxygen atoms in total. The van der Waals surface area contributed by atoms with Gasteiger partial charge in [-0.2, -0.15) is 0 Å². The minimum atomic E-state index is -0.377. The standard InChI is InChI=1S/C17H26N4O2.ClH/c1-12-6-5-7-14(10-12)20-17(23)19-11-16(22)21-9-4-3-8-15(21)13(2)18;/h5-7,10,13,15H,3-4,8-9,11,18H2,1-2H3,(H2,19,20,23);1H. The maximum Gasteiger partial charge on any atom is 0.319 e. The number of amides is 3. The SMILES string of the molecule is Cc1cccc(NC(=O)NCC(=O)N2CCCCC2C(C)N)c1.Cl. The summed E-state index contributed by atoms with van der Waals surface area (Å²) in [6.07, 6.45) is 3.01. The molecule has 0 aliphatic carbocycles. The van der Waals surface area contributed by atoms with E-state index in [4.69, 9.17) is 5.73 Å². The Hall–Kier alpha value is -1.79. The summed E-state index contributed by atoms with van der Waals surface area (Å²) in [5, 5.41) is 5.35. The van der Waals surface area contributed by atoms with Crippen LogP contribution >= 0.6 is 12.4 Å². The Labute approximate surface area is 149 Å². The van der Waals surface area contributed by atoms with Gasteiger partial charge < -0.3 is 21.3 Å². The van der Waals surface area contributed by atoms with Crippen LogP contribution in [-0.4, -0.2) is 42.0 Å². The number of likely N-dealkylation sites (tertiary alicyclic amines) is 1. The van der Waals surface area contributed by atoms with Crippen molar-refractivity contribution in [2.45, 2.75) is 45.2 Å². The van der Waals surface area contributed by atoms with Crippen LogP contribution in [0.5, 0.6) is 0 Å². The van der Waals surface area contributed by atoms with E-state index in [1.165, 1.54) is 0 Å². The second kappa shape index (κ2) is 9.49. The molecule has 3 amide bonds. The van der Waals surface area contributed by atoms with Crippen molar-refractivity contribution >= 4 is 30.0 Å². The highest BCUT2D eigenvalue weighted by Crippen LogP contribution is 2.19. The number of hydrogen-bond donors (Lipinski definition) is 3. The quantitative estimate of drug-likeness (QED) is 0.775. The molecule has 1 aromatic rings. The van der Waals surface area contributed by atoms with Crippen LogP contribution in [0.3, 0.4) is 0 Å². The van der Waals surface area contributed by atoms with E-state index in [-0.39, 0.29) is 43.0 Å². The van der Waals surface area contributed by atoms with Crippen molar-refractivity contribution in [2.75, 3.05) is 18.4 Å². The summed E-state index contributed by atoms with van der Waals surface area (Å²) >= 11 is 0. The summed E-state index contributed by atoms with van der Waals surface area (Å²) in [4.78, 5) is 26.1. The van der Waals surface area contributed by atoms with E-state index in [0.717, 1.165) is 24.8 Å². The van der Waals surface area contributed by atoms with Gasteiger partial charge in [0.25, 0.3) is 0 Å². The molecule has 2 unspecified atom stereocenters. The number of rotatable bonds is 4. The molecule has 1 saturated heterocycles. The van der Waals surface area contributed by atoms with Gasteiger partial charge in [0, 0.05) is 24.3 Å². The lowest BCUT2D eigenvalue weighted by molar-refractivity contribution is -0.134. The Kier molecular flexibility index (Phi) is 8.01. The van der Waals surface area contributed by atoms with E-state index in [9.17, 15) is 9.59 Å². The van der Waals surface area contributed by atoms with Crippen molar-refractivity contribution in [3.05, 3.63) is 29.8 Å². The summed E-state index contributed by atoms with van der Waals surface area (Å²) in [5.41, 5.74) is 7.75. The number of nitrogens with one attached hydrogen (secondary N) is 2. The molecule has 24 heavy (non-hydrogen) atoms. The first-order valence-corrected chi connectivity index (χ1v) is 8.14. The molecule has 2 atom stereocenters. The molecule has 1 aromatic carbocycles. The van der Waals surface area contributed by atoms with Crippen molar-refractivity contribution in [3.8, 4) is 0 Å². The van der Waals surface area contributed by atoms with E-state index in [0.29, 0.717) is 12.2 Å². The molecule has 1 heterocycles. The van der Waals surface area contributed by atoms with Crippen LogP contribution in [0.15, 0.2) is 24.3 Å². The van der Waals surface area contributed by atoms with E-state index in [1.807, 2.05) is 38.1 Å². The zero-order valence-corrected chi connectivity index (χ0v) is 15.1. The minimum absolute atomic E-state index is 0. The Morgan fingerprint density at radius 2 is 2.12 bits per heavy atom. The summed E-state index contributed by atoms with van der Waals surface area (Å²) < 4.78 is 0. The molecular formula is C17H27ClN4O2. The number of nitrogens with zero attached hydrogens (tertiary/aromatic N) is 1. The number of hydrogen-bond acceptors (Lipinski definition) is 3. The summed E-state index contributed by atoms with van der Waals surface area (Å²) in [6, 6.07) is 7.15. The molecule has 134 valence electrons. The third-order valence-electron chi connectivity index (χ3n) is 4.15. The van der Waals surface area contributed by atoms with Crippen molar-refractivity contribution in [1.82, 2.24) is 10.2 Å². The van der Waals surface area contributed by atoms with Gasteiger partial charge >= 0.3 is 6.03 Å². The van der Waals surface area contributed by atoms with Crippen molar-refractivity contribution in [3.63, 3.8) is 0 Å². The Balaban J connectivity index is 0.00000288. The van der Waals surface area contributed by atoms with Gasteiger partial charge in [-0.1, -0.05) is 12.1 Å². The molecule has 4 N–H and O–H groups in total. The van der Waals surface area contributed by atoms with Crippen LogP contribution in [-0.2, 0) is 4.79 Å². The van der Waals surface area contributed by atoms with Gasteiger partial charge in [0.15, 0.2) is 0 Å². The zero-order chi connectivity index (χ0) is 16.8. The van der Waals surface area contributed by atoms with Gasteiger partial charge in [0.05, 0.1) is 6.54 Å². The second-order valence-corrected chi connectivity index (χ2v) is 6.19. The van der Waals surface area contributed by atoms with Crippen LogP contribution < -0.4 is 16.4 Å². The molecular weight excluding hydrogens is 328 g/mol. The molecule has 0 spiro atoms. The van der Waals surface area contributed by atoms with Gasteiger partial charge in [0.2, 0.25) is 5.91 Å². The third-order valence-corrected chi connectivity index (χ3v) is 4.15. The molecule has 1 aliphatic heterocycles. The first kappa shape index (κ1) is 20.3. The monoisotopic (exact) mass is 354 g/mol. The summed E-state index contributed by atoms with van der Waals surface area (Å²) in [7, 11) is 0. The highest BCUT2D eigenvalue weighted by atomic mass is 35.5. The lowest BCUT2D eigenvalue weighted by atomic mass is 9.97. The first-order chi connectivity index (χ1) is 11.0. The van der Waals surface area contributed by atoms with E-state index >= 15 is 0 Å². The normalized spacial score (nSPS) is 18.3. The van der Waals surface area contributed by atoms with Gasteiger partial charge in [-0.15, -0.1) is 12.4 Å². The Bertz CT molecular complexity index is 565. The Morgan fingerprint density at radius 3 is 2.79 bits per heavy atom. The fraction of sp³-hybridized carbons (Fsp3) is 0.529. The number of aryl methyl sites for hydroxylation is 1. The van der Waals surface area contributed by atoms with Crippen LogP contribution in [0, 0.1) is 6.92 Å². The molecule has 0 aromatic heterocycles. The predicted molar refractivity (Wildman–Crippen MR) is 98.4 cm³/mol. The van der Waals surface area contributed by atoms with Gasteiger partial charge in [-0.3, -0.25) is 4.79 Å². The van der Waals surface area contributed by atoms with Crippen LogP contribution in [0.2, 0.25) is 0 Å². The highest BCUT2D eigenvalue weighted by molar-refractivity contribution is 5.92. The Morgan fingerprint density at radius 1 is 1.38 bits per heavy atom. The summed E-state index contributed by atoms with van der Waals surface area (Å²) in [5.74, 6) is -0.0774. The molecule has 0 radical (unpaired) electrons. The number of carbonyl (C=O) groups is 2. The number of urea groups is 1. The number of anilines is 1. The second-order valence-electron chi connectivity index (χ2n) is 6.19. The lowest BCUT2D eigenvalue weighted by Gasteiger charge is -2.38. The average Bonchev–Trinajstić information content (AvgIpc) is 2.52. The first-order valence-electron chi connectivity index (χ1n) is 8.14. The third kappa shape index (κ3) is 5.69. The van der Waals surface area contributed by atoms with Crippen molar-refractivity contribution < 1.29 is 9.59 Å². The molecule has 0 bridgehead atoms. The van der Waals surface area contributed by atoms with Crippen LogP contribution in [0.1, 0.15) is 31.7 Å². The molecule has 1 aliphatic rings. The largest absolute Gasteiger partial charge is 0.337 e. The fourth-order valence-electron chi connectivity index (χ4n) is 2.97. The fourth-order valence-corrected chi connectivity index (χ4v) is 2.97. The minimum Gasteiger partial charge on any atom is -0.337 e. The topological polar surface area (TPSA) is 87.5 Å². The van der Waals surface area contributed by atoms with Crippen molar-refractivity contribution in [2.24, 2.45) is 5.73 Å². The smallest absolute Gasteiger partial charge is 0.319 e. The van der Waals surface area contributed by atoms with E-state index < -0.39 is 0 Å².